The van der Waals surface area contributed by atoms with Gasteiger partial charge in [0.1, 0.15) is 0 Å². The van der Waals surface area contributed by atoms with Gasteiger partial charge in [-0.05, 0) is 30.6 Å². The largest absolute Gasteiger partial charge is 0.0649 e. The summed E-state index contributed by atoms with van der Waals surface area (Å²) in [5, 5.41) is 0. The van der Waals surface area contributed by atoms with Crippen molar-refractivity contribution in [3.05, 3.63) is 0 Å². The van der Waals surface area contributed by atoms with Gasteiger partial charge in [-0.25, -0.2) is 0 Å². The van der Waals surface area contributed by atoms with Crippen molar-refractivity contribution < 1.29 is 0 Å². The van der Waals surface area contributed by atoms with Gasteiger partial charge in [-0.1, -0.05) is 33.6 Å². The minimum atomic E-state index is 0.786. The van der Waals surface area contributed by atoms with Crippen LogP contribution < -0.4 is 0 Å². The molecule has 0 spiro atoms. The van der Waals surface area contributed by atoms with Gasteiger partial charge in [0.15, 0.2) is 0 Å². The molecule has 1 fully saturated rings. The summed E-state index contributed by atoms with van der Waals surface area (Å²) >= 11 is 0. The Kier molecular flexibility index (Phi) is 2.38. The molecule has 0 nitrogen and oxygen atoms in total. The van der Waals surface area contributed by atoms with Crippen molar-refractivity contribution >= 4 is 0 Å². The van der Waals surface area contributed by atoms with E-state index in [1.807, 2.05) is 0 Å². The smallest absolute Gasteiger partial charge is 0.0298 e. The molecule has 0 aromatic rings. The molecule has 0 heteroatoms. The highest BCUT2D eigenvalue weighted by molar-refractivity contribution is 4.86. The molecule has 0 bridgehead atoms. The molecule has 1 saturated carbocycles. The highest BCUT2D eigenvalue weighted by atomic mass is 14.4. The zero-order valence-electron chi connectivity index (χ0n) is 7.61. The first-order chi connectivity index (χ1) is 4.68. The van der Waals surface area contributed by atoms with Gasteiger partial charge in [0.2, 0.25) is 0 Å². The van der Waals surface area contributed by atoms with E-state index in [0.29, 0.717) is 0 Å². The third kappa shape index (κ3) is 1.53. The Balaban J connectivity index is 2.33. The average Bonchev–Trinajstić information content (AvgIpc) is 1.78. The fourth-order valence-electron chi connectivity index (χ4n) is 2.24. The van der Waals surface area contributed by atoms with Crippen molar-refractivity contribution in [3.63, 3.8) is 0 Å². The lowest BCUT2D eigenvalue weighted by atomic mass is 9.63. The minimum absolute atomic E-state index is 0.786. The van der Waals surface area contributed by atoms with Crippen molar-refractivity contribution in [2.24, 2.45) is 11.3 Å². The van der Waals surface area contributed by atoms with E-state index in [9.17, 15) is 0 Å². The third-order valence-corrected chi connectivity index (χ3v) is 3.01. The molecule has 0 aliphatic heterocycles. The lowest BCUT2D eigenvalue weighted by molar-refractivity contribution is 0.0948. The van der Waals surface area contributed by atoms with E-state index in [0.717, 1.165) is 11.3 Å². The summed E-state index contributed by atoms with van der Waals surface area (Å²) in [6.07, 6.45) is 7.36. The van der Waals surface area contributed by atoms with Gasteiger partial charge >= 0.3 is 0 Å². The summed E-state index contributed by atoms with van der Waals surface area (Å²) in [6.45, 7) is 7.03. The van der Waals surface area contributed by atoms with E-state index in [1.54, 1.807) is 0 Å². The summed E-state index contributed by atoms with van der Waals surface area (Å²) in [7, 11) is 0. The molecule has 0 aromatic heterocycles. The third-order valence-electron chi connectivity index (χ3n) is 3.01. The van der Waals surface area contributed by atoms with Gasteiger partial charge < -0.3 is 0 Å². The number of hydrogen-bond donors (Lipinski definition) is 0. The van der Waals surface area contributed by atoms with Crippen LogP contribution in [0.4, 0.5) is 0 Å². The quantitative estimate of drug-likeness (QED) is 0.561. The minimum Gasteiger partial charge on any atom is -0.0649 e. The van der Waals surface area contributed by atoms with Crippen LogP contribution in [0.2, 0.25) is 0 Å². The van der Waals surface area contributed by atoms with Crippen LogP contribution >= 0.6 is 0 Å². The second kappa shape index (κ2) is 2.94. The molecular weight excluding hydrogens is 120 g/mol. The Hall–Kier alpha value is 0. The predicted molar refractivity (Wildman–Crippen MR) is 46.0 cm³/mol. The summed E-state index contributed by atoms with van der Waals surface area (Å²) in [6, 6.07) is 0. The van der Waals surface area contributed by atoms with E-state index < -0.39 is 0 Å². The van der Waals surface area contributed by atoms with E-state index >= 15 is 0 Å². The van der Waals surface area contributed by atoms with Crippen LogP contribution in [0.25, 0.3) is 0 Å². The maximum absolute atomic E-state index is 2.35. The van der Waals surface area contributed by atoms with E-state index in [1.165, 1.54) is 32.1 Å². The lowest BCUT2D eigenvalue weighted by Gasteiger charge is -2.42. The zero-order chi connectivity index (χ0) is 7.61. The van der Waals surface area contributed by atoms with Crippen molar-refractivity contribution in [3.8, 4) is 0 Å². The molecule has 0 amide bonds. The van der Waals surface area contributed by atoms with Crippen LogP contribution in [0.1, 0.15) is 52.9 Å². The molecule has 0 unspecified atom stereocenters. The van der Waals surface area contributed by atoms with Gasteiger partial charge in [-0.15, -0.1) is 0 Å². The molecule has 10 heavy (non-hydrogen) atoms. The zero-order valence-corrected chi connectivity index (χ0v) is 7.61. The molecule has 0 saturated heterocycles. The summed E-state index contributed by atoms with van der Waals surface area (Å²) < 4.78 is 0. The van der Waals surface area contributed by atoms with Crippen molar-refractivity contribution in [1.82, 2.24) is 0 Å². The first kappa shape index (κ1) is 8.10. The second-order valence-electron chi connectivity index (χ2n) is 4.31. The Morgan fingerprint density at radius 3 is 2.00 bits per heavy atom. The Morgan fingerprint density at radius 1 is 1.30 bits per heavy atom. The highest BCUT2D eigenvalue weighted by Crippen LogP contribution is 2.48. The van der Waals surface area contributed by atoms with Crippen molar-refractivity contribution in [2.75, 3.05) is 0 Å². The molecular formula is C10H20. The van der Waals surface area contributed by atoms with Crippen LogP contribution in [0.5, 0.6) is 0 Å². The SMILES string of the molecule is CCC1(CC(C)C)CCC1. The van der Waals surface area contributed by atoms with Gasteiger partial charge in [-0.3, -0.25) is 0 Å². The van der Waals surface area contributed by atoms with Gasteiger partial charge in [-0.2, -0.15) is 0 Å². The molecule has 1 rings (SSSR count). The summed E-state index contributed by atoms with van der Waals surface area (Å²) in [5.41, 5.74) is 0.786. The average molecular weight is 140 g/mol. The molecule has 0 radical (unpaired) electrons. The number of rotatable bonds is 3. The monoisotopic (exact) mass is 140 g/mol. The Morgan fingerprint density at radius 2 is 1.90 bits per heavy atom. The Bertz CT molecular complexity index is 93.1. The highest BCUT2D eigenvalue weighted by Gasteiger charge is 2.34. The van der Waals surface area contributed by atoms with Crippen molar-refractivity contribution in [1.29, 1.82) is 0 Å². The molecule has 60 valence electrons. The van der Waals surface area contributed by atoms with E-state index in [4.69, 9.17) is 0 Å². The molecule has 1 aliphatic carbocycles. The standard InChI is InChI=1S/C10H20/c1-4-10(6-5-7-10)8-9(2)3/h9H,4-8H2,1-3H3. The molecule has 0 N–H and O–H groups in total. The first-order valence-corrected chi connectivity index (χ1v) is 4.68. The fourth-order valence-corrected chi connectivity index (χ4v) is 2.24. The van der Waals surface area contributed by atoms with Gasteiger partial charge in [0.25, 0.3) is 0 Å². The van der Waals surface area contributed by atoms with Gasteiger partial charge in [0.05, 0.1) is 0 Å². The predicted octanol–water partition coefficient (Wildman–Crippen LogP) is 3.61. The molecule has 1 aliphatic rings. The lowest BCUT2D eigenvalue weighted by Crippen LogP contribution is -2.29. The molecule has 0 aromatic carbocycles. The summed E-state index contributed by atoms with van der Waals surface area (Å²) in [5.74, 6) is 0.903. The van der Waals surface area contributed by atoms with E-state index in [-0.39, 0.29) is 0 Å². The van der Waals surface area contributed by atoms with Crippen LogP contribution in [0, 0.1) is 11.3 Å². The topological polar surface area (TPSA) is 0 Å². The maximum atomic E-state index is 2.35. The first-order valence-electron chi connectivity index (χ1n) is 4.68. The number of hydrogen-bond acceptors (Lipinski definition) is 0. The van der Waals surface area contributed by atoms with Crippen LogP contribution in [0.3, 0.4) is 0 Å². The normalized spacial score (nSPS) is 22.8. The van der Waals surface area contributed by atoms with E-state index in [2.05, 4.69) is 20.8 Å². The fraction of sp³-hybridized carbons (Fsp3) is 1.00. The summed E-state index contributed by atoms with van der Waals surface area (Å²) in [4.78, 5) is 0. The second-order valence-corrected chi connectivity index (χ2v) is 4.31. The van der Waals surface area contributed by atoms with Crippen LogP contribution in [0.15, 0.2) is 0 Å². The van der Waals surface area contributed by atoms with Crippen molar-refractivity contribution in [2.45, 2.75) is 52.9 Å². The maximum Gasteiger partial charge on any atom is -0.0298 e. The van der Waals surface area contributed by atoms with Crippen LogP contribution in [-0.4, -0.2) is 0 Å². The Labute approximate surface area is 65.0 Å². The van der Waals surface area contributed by atoms with Crippen LogP contribution in [-0.2, 0) is 0 Å². The molecule has 0 atom stereocenters. The molecule has 0 heterocycles. The van der Waals surface area contributed by atoms with Gasteiger partial charge in [0, 0.05) is 0 Å².